The summed E-state index contributed by atoms with van der Waals surface area (Å²) in [5, 5.41) is 6.99. The summed E-state index contributed by atoms with van der Waals surface area (Å²) in [6, 6.07) is 27.7. The number of benzene rings is 4. The molecular formula is C47H45FN4OPt. The summed E-state index contributed by atoms with van der Waals surface area (Å²) >= 11 is 0. The first-order chi connectivity index (χ1) is 25.9. The van der Waals surface area contributed by atoms with Crippen molar-refractivity contribution in [3.05, 3.63) is 131 Å². The van der Waals surface area contributed by atoms with Crippen LogP contribution in [0.15, 0.2) is 85.3 Å². The summed E-state index contributed by atoms with van der Waals surface area (Å²) in [5.41, 5.74) is 12.7. The van der Waals surface area contributed by atoms with Crippen molar-refractivity contribution in [2.45, 2.75) is 96.8 Å². The van der Waals surface area contributed by atoms with Crippen LogP contribution in [-0.4, -0.2) is 19.3 Å². The van der Waals surface area contributed by atoms with Crippen molar-refractivity contribution in [3.8, 4) is 34.1 Å². The monoisotopic (exact) mass is 895 g/mol. The number of para-hydroxylation sites is 1. The Morgan fingerprint density at radius 2 is 1.41 bits per heavy atom. The second-order valence-electron chi connectivity index (χ2n) is 15.2. The Kier molecular flexibility index (Phi) is 10.3. The summed E-state index contributed by atoms with van der Waals surface area (Å²) < 4.78 is 24.7. The van der Waals surface area contributed by atoms with Crippen molar-refractivity contribution in [1.29, 1.82) is 0 Å². The average molecular weight is 896 g/mol. The van der Waals surface area contributed by atoms with Gasteiger partial charge in [-0.2, -0.15) is 17.2 Å². The van der Waals surface area contributed by atoms with Crippen LogP contribution in [0.25, 0.3) is 44.4 Å². The molecule has 7 heteroatoms. The summed E-state index contributed by atoms with van der Waals surface area (Å²) in [6.07, 6.45) is 18.8. The topological polar surface area (TPSA) is 44.9 Å². The SMILES string of the molecule is Cc1c(C)c(C2CCCCC2)c(-c2cnn(-c3[c-]c(Oc4[c-]c5c(cc4)c4ccccc4n5-c4cc(F)ccn4)ccc3)c2)c(C2CCCCC2)c1C.[Pt+2]. The summed E-state index contributed by atoms with van der Waals surface area (Å²) in [6.45, 7) is 7.08. The molecule has 0 N–H and O–H groups in total. The molecule has 5 nitrogen and oxygen atoms in total. The fourth-order valence-electron chi connectivity index (χ4n) is 9.34. The van der Waals surface area contributed by atoms with Gasteiger partial charge >= 0.3 is 21.1 Å². The minimum absolute atomic E-state index is 0. The van der Waals surface area contributed by atoms with E-state index >= 15 is 0 Å². The first kappa shape index (κ1) is 36.4. The van der Waals surface area contributed by atoms with Crippen LogP contribution < -0.4 is 4.74 Å². The Labute approximate surface area is 331 Å². The van der Waals surface area contributed by atoms with E-state index in [1.165, 1.54) is 110 Å². The molecule has 0 unspecified atom stereocenters. The Bertz CT molecular complexity index is 2420. The normalized spacial score (nSPS) is 15.5. The number of hydrogen-bond acceptors (Lipinski definition) is 3. The fraction of sp³-hybridized carbons (Fsp3) is 0.319. The maximum absolute atomic E-state index is 14.4. The van der Waals surface area contributed by atoms with Gasteiger partial charge in [-0.25, -0.2) is 9.37 Å². The molecule has 0 aliphatic heterocycles. The van der Waals surface area contributed by atoms with Gasteiger partial charge in [-0.15, -0.1) is 35.7 Å². The predicted molar refractivity (Wildman–Crippen MR) is 211 cm³/mol. The van der Waals surface area contributed by atoms with Gasteiger partial charge in [0.1, 0.15) is 11.6 Å². The molecule has 0 radical (unpaired) electrons. The Morgan fingerprint density at radius 1 is 0.722 bits per heavy atom. The standard InChI is InChI=1S/C47H45FN4O.Pt/c1-30-31(2)45(33-13-6-4-7-14-33)47(46(32(30)3)34-15-8-5-9-16-34)35-28-50-51(29-35)37-17-12-18-38(26-37)53-39-21-22-41-40-19-10-11-20-42(40)52(43(41)27-39)44-25-36(48)23-24-49-44;/h10-12,17-25,28-29,33-34H,4-9,13-16H2,1-3H3;/q-2;+2. The number of pyridine rings is 1. The van der Waals surface area contributed by atoms with E-state index in [-0.39, 0.29) is 26.9 Å². The van der Waals surface area contributed by atoms with Crippen LogP contribution >= 0.6 is 0 Å². The summed E-state index contributed by atoms with van der Waals surface area (Å²) in [5.74, 6) is 2.43. The molecule has 0 spiro atoms. The third kappa shape index (κ3) is 6.61. The van der Waals surface area contributed by atoms with Crippen LogP contribution in [0.4, 0.5) is 4.39 Å². The molecule has 3 aromatic heterocycles. The smallest absolute Gasteiger partial charge is 0.509 e. The molecule has 0 saturated heterocycles. The van der Waals surface area contributed by atoms with Crippen LogP contribution in [0.5, 0.6) is 11.5 Å². The van der Waals surface area contributed by atoms with Crippen LogP contribution in [0.2, 0.25) is 0 Å². The molecule has 0 bridgehead atoms. The third-order valence-electron chi connectivity index (χ3n) is 12.1. The minimum Gasteiger partial charge on any atom is -0.509 e. The van der Waals surface area contributed by atoms with Crippen LogP contribution in [0.3, 0.4) is 0 Å². The molecule has 2 fully saturated rings. The van der Waals surface area contributed by atoms with Gasteiger partial charge in [-0.05, 0) is 115 Å². The second-order valence-corrected chi connectivity index (χ2v) is 15.2. The number of aromatic nitrogens is 4. The van der Waals surface area contributed by atoms with Gasteiger partial charge in [0, 0.05) is 41.0 Å². The Balaban J connectivity index is 0.00000413. The second kappa shape index (κ2) is 15.3. The molecule has 0 atom stereocenters. The van der Waals surface area contributed by atoms with Gasteiger partial charge in [-0.3, -0.25) is 4.68 Å². The number of nitrogens with zero attached hydrogens (tertiary/aromatic N) is 4. The summed E-state index contributed by atoms with van der Waals surface area (Å²) in [7, 11) is 0. The largest absolute Gasteiger partial charge is 2.00 e. The van der Waals surface area contributed by atoms with Gasteiger partial charge in [0.15, 0.2) is 0 Å². The molecule has 0 amide bonds. The first-order valence-corrected chi connectivity index (χ1v) is 19.4. The van der Waals surface area contributed by atoms with Crippen molar-refractivity contribution >= 4 is 21.8 Å². The summed E-state index contributed by atoms with van der Waals surface area (Å²) in [4.78, 5) is 4.49. The van der Waals surface area contributed by atoms with E-state index in [1.807, 2.05) is 57.8 Å². The fourth-order valence-corrected chi connectivity index (χ4v) is 9.34. The molecule has 7 aromatic rings. The molecular weight excluding hydrogens is 851 g/mol. The van der Waals surface area contributed by atoms with Gasteiger partial charge in [0.2, 0.25) is 0 Å². The number of halogens is 1. The van der Waals surface area contributed by atoms with E-state index in [0.717, 1.165) is 27.5 Å². The van der Waals surface area contributed by atoms with E-state index in [9.17, 15) is 4.39 Å². The maximum atomic E-state index is 14.4. The quantitative estimate of drug-likeness (QED) is 0.150. The van der Waals surface area contributed by atoms with Gasteiger partial charge in [0.25, 0.3) is 0 Å². The average Bonchev–Trinajstić information content (AvgIpc) is 3.81. The third-order valence-corrected chi connectivity index (χ3v) is 12.1. The van der Waals surface area contributed by atoms with Crippen LogP contribution in [0, 0.1) is 38.7 Å². The van der Waals surface area contributed by atoms with Gasteiger partial charge in [-0.1, -0.05) is 62.2 Å². The van der Waals surface area contributed by atoms with E-state index in [4.69, 9.17) is 9.84 Å². The van der Waals surface area contributed by atoms with E-state index in [0.29, 0.717) is 29.2 Å². The zero-order valence-corrected chi connectivity index (χ0v) is 33.5. The minimum atomic E-state index is -0.343. The molecule has 2 aliphatic carbocycles. The Hall–Kier alpha value is -4.54. The van der Waals surface area contributed by atoms with Gasteiger partial charge < -0.3 is 9.30 Å². The molecule has 276 valence electrons. The van der Waals surface area contributed by atoms with E-state index in [1.54, 1.807) is 11.1 Å². The van der Waals surface area contributed by atoms with Crippen LogP contribution in [0.1, 0.15) is 104 Å². The molecule has 4 aromatic carbocycles. The zero-order valence-electron chi connectivity index (χ0n) is 31.2. The number of fused-ring (bicyclic) bond motifs is 3. The number of rotatable bonds is 7. The molecule has 9 rings (SSSR count). The van der Waals surface area contributed by atoms with Crippen molar-refractivity contribution < 1.29 is 30.2 Å². The van der Waals surface area contributed by atoms with Crippen molar-refractivity contribution in [1.82, 2.24) is 19.3 Å². The number of hydrogen-bond donors (Lipinski definition) is 0. The predicted octanol–water partition coefficient (Wildman–Crippen LogP) is 12.6. The van der Waals surface area contributed by atoms with Crippen molar-refractivity contribution in [2.24, 2.45) is 0 Å². The molecule has 2 aliphatic rings. The molecule has 2 saturated carbocycles. The Morgan fingerprint density at radius 3 is 2.11 bits per heavy atom. The maximum Gasteiger partial charge on any atom is 2.00 e. The number of ether oxygens (including phenoxy) is 1. The van der Waals surface area contributed by atoms with Gasteiger partial charge in [0.05, 0.1) is 6.20 Å². The molecule has 3 heterocycles. The van der Waals surface area contributed by atoms with Crippen molar-refractivity contribution in [3.63, 3.8) is 0 Å². The van der Waals surface area contributed by atoms with E-state index < -0.39 is 0 Å². The zero-order chi connectivity index (χ0) is 36.1. The van der Waals surface area contributed by atoms with Crippen molar-refractivity contribution in [2.75, 3.05) is 0 Å². The van der Waals surface area contributed by atoms with Crippen LogP contribution in [-0.2, 0) is 21.1 Å². The molecule has 54 heavy (non-hydrogen) atoms. The van der Waals surface area contributed by atoms with E-state index in [2.05, 4.69) is 56.3 Å². The first-order valence-electron chi connectivity index (χ1n) is 19.4.